The molecule has 50 heavy (non-hydrogen) atoms. The van der Waals surface area contributed by atoms with Crippen LogP contribution in [0.3, 0.4) is 0 Å². The van der Waals surface area contributed by atoms with Gasteiger partial charge in [-0.15, -0.1) is 0 Å². The van der Waals surface area contributed by atoms with E-state index < -0.39 is 101 Å². The minimum absolute atomic E-state index is 0.0350. The molecule has 16 atom stereocenters. The summed E-state index contributed by atoms with van der Waals surface area (Å²) in [6, 6.07) is -0.286. The van der Waals surface area contributed by atoms with Gasteiger partial charge in [0.2, 0.25) is 0 Å². The maximum absolute atomic E-state index is 14.2. The molecule has 0 aromatic heterocycles. The number of ether oxygens (including phenoxy) is 5. The van der Waals surface area contributed by atoms with E-state index in [1.165, 1.54) is 0 Å². The van der Waals surface area contributed by atoms with Gasteiger partial charge in [-0.1, -0.05) is 55.4 Å². The Balaban J connectivity index is 2.17. The highest BCUT2D eigenvalue weighted by Gasteiger charge is 2.52. The molecule has 3 heterocycles. The van der Waals surface area contributed by atoms with Crippen LogP contribution in [-0.4, -0.2) is 124 Å². The number of ketones is 1. The molecular formula is C38H69NO11. The van der Waals surface area contributed by atoms with Gasteiger partial charge in [-0.05, 0) is 66.5 Å². The van der Waals surface area contributed by atoms with Crippen LogP contribution in [0.5, 0.6) is 0 Å². The molecule has 12 nitrogen and oxygen atoms in total. The highest BCUT2D eigenvalue weighted by atomic mass is 16.7. The van der Waals surface area contributed by atoms with Crippen molar-refractivity contribution in [2.45, 2.75) is 182 Å². The molecule has 292 valence electrons. The van der Waals surface area contributed by atoms with Crippen molar-refractivity contribution >= 4 is 11.8 Å². The second kappa shape index (κ2) is 16.4. The van der Waals surface area contributed by atoms with Crippen LogP contribution in [0.4, 0.5) is 0 Å². The lowest BCUT2D eigenvalue weighted by molar-refractivity contribution is -0.312. The van der Waals surface area contributed by atoms with Crippen molar-refractivity contribution in [3.8, 4) is 0 Å². The molecule has 0 saturated carbocycles. The molecule has 0 aromatic rings. The predicted octanol–water partition coefficient (Wildman–Crippen LogP) is 3.68. The van der Waals surface area contributed by atoms with E-state index in [1.807, 2.05) is 53.6 Å². The summed E-state index contributed by atoms with van der Waals surface area (Å²) in [7, 11) is 3.75. The Labute approximate surface area is 300 Å². The van der Waals surface area contributed by atoms with Gasteiger partial charge >= 0.3 is 5.97 Å². The molecule has 0 bridgehead atoms. The van der Waals surface area contributed by atoms with Crippen LogP contribution in [0.25, 0.3) is 0 Å². The number of hydrogen-bond acceptors (Lipinski definition) is 12. The topological polar surface area (TPSA) is 164 Å². The first-order chi connectivity index (χ1) is 22.9. The first kappa shape index (κ1) is 43.2. The molecule has 0 aromatic carbocycles. The Bertz CT molecular complexity index is 1140. The van der Waals surface area contributed by atoms with Crippen molar-refractivity contribution in [3.63, 3.8) is 0 Å². The SMILES string of the molecule is CC[C@H]1OC(=O)[C@H](C)[C@@H](O[C@H]2CC(C)(C)[C@@H](O)[C@H](C)O2)C(C)[C@@H](O[C@@H]2O[C@H](C)C[C@H](N(C)C)[C@H]2O)[C@@](C)(O)CC(C)C(=O)[C@H](C)[C@@H](O)C1(C)C. The van der Waals surface area contributed by atoms with Gasteiger partial charge in [0.1, 0.15) is 18.0 Å². The minimum atomic E-state index is -1.70. The second-order valence-corrected chi connectivity index (χ2v) is 17.5. The van der Waals surface area contributed by atoms with Gasteiger partial charge in [-0.2, -0.15) is 0 Å². The summed E-state index contributed by atoms with van der Waals surface area (Å²) in [5.74, 6) is -3.97. The summed E-state index contributed by atoms with van der Waals surface area (Å²) < 4.78 is 31.8. The zero-order valence-corrected chi connectivity index (χ0v) is 33.1. The van der Waals surface area contributed by atoms with Gasteiger partial charge in [-0.25, -0.2) is 0 Å². The number of likely N-dealkylation sites (N-methyl/N-ethyl adjacent to an activating group) is 1. The van der Waals surface area contributed by atoms with E-state index in [4.69, 9.17) is 23.7 Å². The van der Waals surface area contributed by atoms with E-state index in [1.54, 1.807) is 48.5 Å². The third-order valence-corrected chi connectivity index (χ3v) is 12.0. The molecule has 0 spiro atoms. The van der Waals surface area contributed by atoms with E-state index >= 15 is 0 Å². The van der Waals surface area contributed by atoms with Crippen LogP contribution in [0.2, 0.25) is 0 Å². The van der Waals surface area contributed by atoms with Crippen molar-refractivity contribution in [1.29, 1.82) is 0 Å². The second-order valence-electron chi connectivity index (χ2n) is 17.5. The van der Waals surface area contributed by atoms with Crippen LogP contribution in [0.1, 0.15) is 109 Å². The fourth-order valence-electron chi connectivity index (χ4n) is 8.73. The Kier molecular flexibility index (Phi) is 14.2. The Morgan fingerprint density at radius 3 is 2.00 bits per heavy atom. The van der Waals surface area contributed by atoms with E-state index in [2.05, 4.69) is 0 Å². The molecule has 3 aliphatic heterocycles. The first-order valence-corrected chi connectivity index (χ1v) is 18.7. The number of Topliss-reactive ketones (excluding diaryl/α,β-unsaturated/α-hetero) is 1. The summed E-state index contributed by atoms with van der Waals surface area (Å²) in [6.45, 7) is 21.5. The van der Waals surface area contributed by atoms with Gasteiger partial charge in [0.15, 0.2) is 12.6 Å². The number of aliphatic hydroxyl groups is 4. The molecule has 3 fully saturated rings. The molecule has 3 rings (SSSR count). The summed E-state index contributed by atoms with van der Waals surface area (Å²) in [6.07, 6.45) is -7.23. The van der Waals surface area contributed by atoms with Crippen LogP contribution in [0, 0.1) is 34.5 Å². The van der Waals surface area contributed by atoms with Gasteiger partial charge in [0.05, 0.1) is 48.1 Å². The Morgan fingerprint density at radius 1 is 0.860 bits per heavy atom. The molecule has 12 heteroatoms. The summed E-state index contributed by atoms with van der Waals surface area (Å²) in [5, 5.41) is 46.3. The smallest absolute Gasteiger partial charge is 0.311 e. The van der Waals surface area contributed by atoms with Crippen molar-refractivity contribution in [2.75, 3.05) is 14.1 Å². The molecule has 3 aliphatic rings. The first-order valence-electron chi connectivity index (χ1n) is 18.7. The van der Waals surface area contributed by atoms with Crippen LogP contribution in [-0.2, 0) is 33.3 Å². The number of aliphatic hydroxyl groups excluding tert-OH is 3. The monoisotopic (exact) mass is 715 g/mol. The standard InChI is InChI=1S/C38H69NO11/c1-15-26-37(10,11)31(42)21(4)28(40)19(2)17-38(12,45)33(50-35-29(41)25(39(13)14)16-20(3)46-35)22(5)30(23(6)34(44)48-26)49-27-18-36(8,9)32(43)24(7)47-27/h19-27,29-33,35,41-43,45H,15-18H2,1-14H3/t19?,20-,21+,22?,23-,24+,25+,26-,27+,29-,30+,31-,32+,33-,35+,38+/m1/s1. The van der Waals surface area contributed by atoms with E-state index in [9.17, 15) is 30.0 Å². The average molecular weight is 716 g/mol. The lowest BCUT2D eigenvalue weighted by Crippen LogP contribution is -2.60. The molecule has 4 N–H and O–H groups in total. The number of cyclic esters (lactones) is 1. The van der Waals surface area contributed by atoms with Crippen molar-refractivity contribution in [3.05, 3.63) is 0 Å². The van der Waals surface area contributed by atoms with E-state index in [0.717, 1.165) is 0 Å². The summed E-state index contributed by atoms with van der Waals surface area (Å²) in [5.41, 5.74) is -3.24. The molecule has 0 amide bonds. The zero-order valence-electron chi connectivity index (χ0n) is 33.1. The summed E-state index contributed by atoms with van der Waals surface area (Å²) in [4.78, 5) is 30.0. The van der Waals surface area contributed by atoms with Crippen molar-refractivity contribution < 1.29 is 53.7 Å². The van der Waals surface area contributed by atoms with Gasteiger partial charge in [-0.3, -0.25) is 9.59 Å². The normalized spacial score (nSPS) is 46.7. The quantitative estimate of drug-likeness (QED) is 0.296. The van der Waals surface area contributed by atoms with Crippen molar-refractivity contribution in [1.82, 2.24) is 4.90 Å². The fraction of sp³-hybridized carbons (Fsp3) is 0.947. The van der Waals surface area contributed by atoms with Gasteiger partial charge < -0.3 is 49.0 Å². The average Bonchev–Trinajstić information content (AvgIpc) is 3.01. The summed E-state index contributed by atoms with van der Waals surface area (Å²) >= 11 is 0. The zero-order chi connectivity index (χ0) is 38.3. The number of rotatable bonds is 6. The largest absolute Gasteiger partial charge is 0.461 e. The number of carbonyl (C=O) groups is 2. The predicted molar refractivity (Wildman–Crippen MR) is 188 cm³/mol. The maximum Gasteiger partial charge on any atom is 0.311 e. The van der Waals surface area contributed by atoms with Gasteiger partial charge in [0, 0.05) is 35.6 Å². The Morgan fingerprint density at radius 2 is 1.46 bits per heavy atom. The molecule has 0 aliphatic carbocycles. The van der Waals surface area contributed by atoms with E-state index in [0.29, 0.717) is 19.3 Å². The fourth-order valence-corrected chi connectivity index (χ4v) is 8.73. The van der Waals surface area contributed by atoms with E-state index in [-0.39, 0.29) is 24.3 Å². The van der Waals surface area contributed by atoms with Crippen molar-refractivity contribution in [2.24, 2.45) is 34.5 Å². The number of hydrogen-bond donors (Lipinski definition) is 4. The molecular weight excluding hydrogens is 646 g/mol. The van der Waals surface area contributed by atoms with Crippen LogP contribution in [0.15, 0.2) is 0 Å². The van der Waals surface area contributed by atoms with Gasteiger partial charge in [0.25, 0.3) is 0 Å². The highest BCUT2D eigenvalue weighted by Crippen LogP contribution is 2.42. The Hall–Kier alpha value is -1.22. The lowest BCUT2D eigenvalue weighted by Gasteiger charge is -2.49. The molecule has 0 radical (unpaired) electrons. The third-order valence-electron chi connectivity index (χ3n) is 12.0. The third kappa shape index (κ3) is 9.28. The number of esters is 1. The van der Waals surface area contributed by atoms with Crippen LogP contribution >= 0.6 is 0 Å². The number of nitrogens with zero attached hydrogens (tertiary/aromatic N) is 1. The minimum Gasteiger partial charge on any atom is -0.461 e. The lowest BCUT2D eigenvalue weighted by atomic mass is 9.70. The van der Waals surface area contributed by atoms with Crippen LogP contribution < -0.4 is 0 Å². The molecule has 2 unspecified atom stereocenters. The number of carbonyl (C=O) groups excluding carboxylic acids is 2. The maximum atomic E-state index is 14.2. The highest BCUT2D eigenvalue weighted by molar-refractivity contribution is 5.83. The molecule has 3 saturated heterocycles.